The lowest BCUT2D eigenvalue weighted by molar-refractivity contribution is -0.140. The Morgan fingerprint density at radius 3 is 2.71 bits per heavy atom. The van der Waals surface area contributed by atoms with E-state index in [9.17, 15) is 9.59 Å². The van der Waals surface area contributed by atoms with Gasteiger partial charge >= 0.3 is 5.97 Å². The molecule has 0 aliphatic carbocycles. The molecule has 1 aromatic rings. The van der Waals surface area contributed by atoms with Gasteiger partial charge in [0, 0.05) is 24.0 Å². The van der Waals surface area contributed by atoms with Gasteiger partial charge in [-0.05, 0) is 25.1 Å². The van der Waals surface area contributed by atoms with E-state index in [0.29, 0.717) is 32.5 Å². The summed E-state index contributed by atoms with van der Waals surface area (Å²) >= 11 is 3.49. The number of ether oxygens (including phenoxy) is 1. The van der Waals surface area contributed by atoms with Gasteiger partial charge in [0.2, 0.25) is 5.91 Å². The van der Waals surface area contributed by atoms with Crippen molar-refractivity contribution in [2.45, 2.75) is 19.4 Å². The molecule has 5 nitrogen and oxygen atoms in total. The number of methoxy groups -OCH3 is 1. The summed E-state index contributed by atoms with van der Waals surface area (Å²) in [7, 11) is 3.26. The zero-order chi connectivity index (χ0) is 15.7. The SMILES string of the molecule is COC(=O)CCCNC(=O)CN(C)Cc1ccccc1Br. The molecule has 0 aromatic heterocycles. The van der Waals surface area contributed by atoms with Gasteiger partial charge in [0.15, 0.2) is 0 Å². The first-order valence-electron chi connectivity index (χ1n) is 6.78. The molecule has 0 radical (unpaired) electrons. The molecule has 6 heteroatoms. The highest BCUT2D eigenvalue weighted by Crippen LogP contribution is 2.16. The van der Waals surface area contributed by atoms with Gasteiger partial charge in [0.1, 0.15) is 0 Å². The molecule has 0 saturated heterocycles. The highest BCUT2D eigenvalue weighted by molar-refractivity contribution is 9.10. The molecule has 1 N–H and O–H groups in total. The van der Waals surface area contributed by atoms with Gasteiger partial charge in [0.05, 0.1) is 13.7 Å². The lowest BCUT2D eigenvalue weighted by Gasteiger charge is -2.17. The van der Waals surface area contributed by atoms with Crippen LogP contribution in [0.4, 0.5) is 0 Å². The normalized spacial score (nSPS) is 10.5. The van der Waals surface area contributed by atoms with E-state index in [1.54, 1.807) is 0 Å². The zero-order valence-electron chi connectivity index (χ0n) is 12.4. The van der Waals surface area contributed by atoms with Crippen molar-refractivity contribution in [1.29, 1.82) is 0 Å². The van der Waals surface area contributed by atoms with Crippen LogP contribution in [0.25, 0.3) is 0 Å². The standard InChI is InChI=1S/C15H21BrN2O3/c1-18(10-12-6-3-4-7-13(12)16)11-14(19)17-9-5-8-15(20)21-2/h3-4,6-7H,5,8-11H2,1-2H3,(H,17,19). The molecule has 0 atom stereocenters. The van der Waals surface area contributed by atoms with Crippen molar-refractivity contribution in [3.63, 3.8) is 0 Å². The Hall–Kier alpha value is -1.40. The summed E-state index contributed by atoms with van der Waals surface area (Å²) in [6.07, 6.45) is 0.913. The molecule has 1 amide bonds. The molecule has 0 saturated carbocycles. The number of rotatable bonds is 8. The molecule has 1 aromatic carbocycles. The lowest BCUT2D eigenvalue weighted by atomic mass is 10.2. The molecular weight excluding hydrogens is 336 g/mol. The van der Waals surface area contributed by atoms with Crippen LogP contribution < -0.4 is 5.32 Å². The Balaban J connectivity index is 2.25. The number of nitrogens with one attached hydrogen (secondary N) is 1. The van der Waals surface area contributed by atoms with E-state index < -0.39 is 0 Å². The van der Waals surface area contributed by atoms with Crippen LogP contribution >= 0.6 is 15.9 Å². The fourth-order valence-electron chi connectivity index (χ4n) is 1.84. The van der Waals surface area contributed by atoms with Gasteiger partial charge in [0.25, 0.3) is 0 Å². The monoisotopic (exact) mass is 356 g/mol. The van der Waals surface area contributed by atoms with Crippen molar-refractivity contribution in [2.75, 3.05) is 27.2 Å². The van der Waals surface area contributed by atoms with Gasteiger partial charge in [-0.25, -0.2) is 0 Å². The second kappa shape index (κ2) is 9.52. The third-order valence-electron chi connectivity index (χ3n) is 2.92. The summed E-state index contributed by atoms with van der Waals surface area (Å²) in [5.74, 6) is -0.301. The second-order valence-electron chi connectivity index (χ2n) is 4.79. The quantitative estimate of drug-likeness (QED) is 0.571. The molecule has 0 bridgehead atoms. The minimum Gasteiger partial charge on any atom is -0.469 e. The van der Waals surface area contributed by atoms with E-state index in [-0.39, 0.29) is 11.9 Å². The van der Waals surface area contributed by atoms with E-state index in [0.717, 1.165) is 10.0 Å². The number of carbonyl (C=O) groups excluding carboxylic acids is 2. The molecule has 116 valence electrons. The zero-order valence-corrected chi connectivity index (χ0v) is 14.0. The maximum absolute atomic E-state index is 11.8. The molecule has 0 aliphatic heterocycles. The van der Waals surface area contributed by atoms with E-state index in [2.05, 4.69) is 26.0 Å². The number of hydrogen-bond donors (Lipinski definition) is 1. The fraction of sp³-hybridized carbons (Fsp3) is 0.467. The molecule has 0 fully saturated rings. The topological polar surface area (TPSA) is 58.6 Å². The van der Waals surface area contributed by atoms with Gasteiger partial charge in [-0.15, -0.1) is 0 Å². The Kier molecular flexibility index (Phi) is 8.00. The number of carbonyl (C=O) groups is 2. The number of benzene rings is 1. The van der Waals surface area contributed by atoms with Crippen LogP contribution in [0.5, 0.6) is 0 Å². The minimum atomic E-state index is -0.254. The average Bonchev–Trinajstić information content (AvgIpc) is 2.45. The van der Waals surface area contributed by atoms with Gasteiger partial charge < -0.3 is 10.1 Å². The van der Waals surface area contributed by atoms with Crippen molar-refractivity contribution < 1.29 is 14.3 Å². The van der Waals surface area contributed by atoms with Crippen molar-refractivity contribution >= 4 is 27.8 Å². The Morgan fingerprint density at radius 1 is 1.33 bits per heavy atom. The van der Waals surface area contributed by atoms with Crippen LogP contribution in [0.1, 0.15) is 18.4 Å². The average molecular weight is 357 g/mol. The maximum Gasteiger partial charge on any atom is 0.305 e. The third kappa shape index (κ3) is 7.24. The van der Waals surface area contributed by atoms with E-state index in [4.69, 9.17) is 0 Å². The summed E-state index contributed by atoms with van der Waals surface area (Å²) in [4.78, 5) is 24.6. The van der Waals surface area contributed by atoms with Gasteiger partial charge in [-0.3, -0.25) is 14.5 Å². The maximum atomic E-state index is 11.8. The van der Waals surface area contributed by atoms with Crippen LogP contribution in [0.2, 0.25) is 0 Å². The van der Waals surface area contributed by atoms with E-state index in [1.807, 2.05) is 36.2 Å². The van der Waals surface area contributed by atoms with Crippen molar-refractivity contribution in [2.24, 2.45) is 0 Å². The molecule has 0 unspecified atom stereocenters. The molecule has 1 rings (SSSR count). The summed E-state index contributed by atoms with van der Waals surface area (Å²) < 4.78 is 5.57. The lowest BCUT2D eigenvalue weighted by Crippen LogP contribution is -2.35. The van der Waals surface area contributed by atoms with Gasteiger partial charge in [-0.2, -0.15) is 0 Å². The summed E-state index contributed by atoms with van der Waals surface area (Å²) in [5.41, 5.74) is 1.14. The number of hydrogen-bond acceptors (Lipinski definition) is 4. The van der Waals surface area contributed by atoms with Crippen LogP contribution in [0.15, 0.2) is 28.7 Å². The number of amides is 1. The molecule has 21 heavy (non-hydrogen) atoms. The van der Waals surface area contributed by atoms with Crippen molar-refractivity contribution in [1.82, 2.24) is 10.2 Å². The Labute approximate surface area is 133 Å². The number of nitrogens with zero attached hydrogens (tertiary/aromatic N) is 1. The first kappa shape index (κ1) is 17.7. The highest BCUT2D eigenvalue weighted by atomic mass is 79.9. The molecule has 0 aliphatic rings. The Bertz CT molecular complexity index is 480. The second-order valence-corrected chi connectivity index (χ2v) is 5.65. The van der Waals surface area contributed by atoms with E-state index in [1.165, 1.54) is 7.11 Å². The van der Waals surface area contributed by atoms with Crippen molar-refractivity contribution in [3.8, 4) is 0 Å². The van der Waals surface area contributed by atoms with Crippen LogP contribution in [-0.4, -0.2) is 44.0 Å². The first-order chi connectivity index (χ1) is 10.0. The number of likely N-dealkylation sites (N-methyl/N-ethyl adjacent to an activating group) is 1. The smallest absolute Gasteiger partial charge is 0.305 e. The fourth-order valence-corrected chi connectivity index (χ4v) is 2.25. The first-order valence-corrected chi connectivity index (χ1v) is 7.57. The summed E-state index contributed by atoms with van der Waals surface area (Å²) in [6, 6.07) is 7.94. The molecular formula is C15H21BrN2O3. The summed E-state index contributed by atoms with van der Waals surface area (Å²) in [6.45, 7) is 1.49. The number of halogens is 1. The van der Waals surface area contributed by atoms with Crippen molar-refractivity contribution in [3.05, 3.63) is 34.3 Å². The largest absolute Gasteiger partial charge is 0.469 e. The predicted octanol–water partition coefficient (Wildman–Crippen LogP) is 1.95. The summed E-state index contributed by atoms with van der Waals surface area (Å²) in [5, 5.41) is 2.79. The van der Waals surface area contributed by atoms with Gasteiger partial charge in [-0.1, -0.05) is 34.1 Å². The molecule has 0 spiro atoms. The predicted molar refractivity (Wildman–Crippen MR) is 84.7 cm³/mol. The van der Waals surface area contributed by atoms with Crippen LogP contribution in [0, 0.1) is 0 Å². The van der Waals surface area contributed by atoms with E-state index >= 15 is 0 Å². The molecule has 0 heterocycles. The number of esters is 1. The Morgan fingerprint density at radius 2 is 2.05 bits per heavy atom. The minimum absolute atomic E-state index is 0.0468. The highest BCUT2D eigenvalue weighted by Gasteiger charge is 2.08. The van der Waals surface area contributed by atoms with Crippen LogP contribution in [0.3, 0.4) is 0 Å². The van der Waals surface area contributed by atoms with Crippen LogP contribution in [-0.2, 0) is 20.9 Å². The third-order valence-corrected chi connectivity index (χ3v) is 3.69.